The van der Waals surface area contributed by atoms with Gasteiger partial charge in [-0.2, -0.15) is 15.8 Å². The molecule has 57 heavy (non-hydrogen) atoms. The van der Waals surface area contributed by atoms with Crippen molar-refractivity contribution in [3.63, 3.8) is 0 Å². The molecule has 0 bridgehead atoms. The van der Waals surface area contributed by atoms with Crippen molar-refractivity contribution in [2.24, 2.45) is 0 Å². The molecule has 3 aromatic heterocycles. The van der Waals surface area contributed by atoms with Gasteiger partial charge >= 0.3 is 0 Å². The first-order valence-corrected chi connectivity index (χ1v) is 18.7. The summed E-state index contributed by atoms with van der Waals surface area (Å²) in [5.41, 5.74) is 12.7. The number of aromatic nitrogens is 3. The van der Waals surface area contributed by atoms with Crippen LogP contribution in [0, 0.1) is 34.0 Å². The lowest BCUT2D eigenvalue weighted by Crippen LogP contribution is -1.98. The fraction of sp³-hybridized carbons (Fsp3) is 0. The Morgan fingerprint density at radius 3 is 1.46 bits per heavy atom. The maximum atomic E-state index is 10.4. The zero-order chi connectivity index (χ0) is 38.2. The number of nitrogens with zero attached hydrogens (tertiary/aromatic N) is 6. The summed E-state index contributed by atoms with van der Waals surface area (Å²) in [6, 6.07) is 64.8. The van der Waals surface area contributed by atoms with Gasteiger partial charge in [0.05, 0.1) is 73.7 Å². The zero-order valence-electron chi connectivity index (χ0n) is 30.3. The number of nitriles is 3. The Bertz CT molecular complexity index is 3560. The van der Waals surface area contributed by atoms with Crippen LogP contribution < -0.4 is 0 Å². The third-order valence-corrected chi connectivity index (χ3v) is 11.3. The van der Waals surface area contributed by atoms with Gasteiger partial charge in [-0.15, -0.1) is 0 Å². The summed E-state index contributed by atoms with van der Waals surface area (Å²) >= 11 is 0. The van der Waals surface area contributed by atoms with Gasteiger partial charge in [-0.1, -0.05) is 72.8 Å². The lowest BCUT2D eigenvalue weighted by atomic mass is 10.0. The molecule has 0 saturated carbocycles. The van der Waals surface area contributed by atoms with Gasteiger partial charge in [0.15, 0.2) is 0 Å². The van der Waals surface area contributed by atoms with E-state index in [0.29, 0.717) is 16.7 Å². The van der Waals surface area contributed by atoms with Crippen molar-refractivity contribution in [1.29, 1.82) is 15.8 Å². The fourth-order valence-corrected chi connectivity index (χ4v) is 8.86. The highest BCUT2D eigenvalue weighted by molar-refractivity contribution is 6.17. The Morgan fingerprint density at radius 2 is 0.825 bits per heavy atom. The summed E-state index contributed by atoms with van der Waals surface area (Å²) in [4.78, 5) is 0. The predicted octanol–water partition coefficient (Wildman–Crippen LogP) is 12.3. The Hall–Kier alpha value is -8.37. The van der Waals surface area contributed by atoms with Crippen LogP contribution in [0.25, 0.3) is 93.6 Å². The zero-order valence-corrected chi connectivity index (χ0v) is 30.3. The van der Waals surface area contributed by atoms with E-state index >= 15 is 0 Å². The molecule has 3 heterocycles. The SMILES string of the molecule is N#Cc1cc(-c2ccc(-n3c4ccccc4c4cc(C#N)ccc43)cc2)cc(-n2c3ccc(C#N)cc3c3c(-n4c5ccccc5c5ccccc54)cccc32)c1. The monoisotopic (exact) mass is 724 g/mol. The number of hydrogen-bond acceptors (Lipinski definition) is 3. The molecule has 0 amide bonds. The minimum absolute atomic E-state index is 0.546. The molecule has 6 heteroatoms. The molecule has 11 rings (SSSR count). The van der Waals surface area contributed by atoms with E-state index in [9.17, 15) is 15.8 Å². The molecule has 0 unspecified atom stereocenters. The second-order valence-corrected chi connectivity index (χ2v) is 14.3. The number of rotatable bonds is 4. The lowest BCUT2D eigenvalue weighted by Gasteiger charge is -2.13. The minimum Gasteiger partial charge on any atom is -0.309 e. The molecule has 0 aliphatic carbocycles. The van der Waals surface area contributed by atoms with Crippen LogP contribution in [0.1, 0.15) is 16.7 Å². The standard InChI is InChI=1S/C51H28N6/c52-29-32-16-22-47-42(26-32)41-10-3-4-11-44(41)55(47)37-20-18-35(19-21-37)36-24-34(31-54)25-38(28-36)56-48-23-17-33(30-53)27-43(48)51-49(56)14-7-15-50(51)57-45-12-5-1-8-39(45)40-9-2-6-13-46(40)57/h1-28H. The molecule has 0 aliphatic heterocycles. The van der Waals surface area contributed by atoms with Crippen molar-refractivity contribution in [1.82, 2.24) is 13.7 Å². The van der Waals surface area contributed by atoms with Gasteiger partial charge in [0.2, 0.25) is 0 Å². The Labute approximate surface area is 326 Å². The molecule has 0 aliphatic rings. The number of benzene rings is 8. The van der Waals surface area contributed by atoms with Crippen molar-refractivity contribution >= 4 is 65.4 Å². The molecule has 0 fully saturated rings. The van der Waals surface area contributed by atoms with Gasteiger partial charge in [0, 0.05) is 43.7 Å². The van der Waals surface area contributed by atoms with E-state index in [1.807, 2.05) is 60.7 Å². The van der Waals surface area contributed by atoms with Crippen LogP contribution in [0.3, 0.4) is 0 Å². The highest BCUT2D eigenvalue weighted by atomic mass is 15.0. The third-order valence-electron chi connectivity index (χ3n) is 11.3. The molecule has 0 N–H and O–H groups in total. The van der Waals surface area contributed by atoms with E-state index in [0.717, 1.165) is 82.8 Å². The molecular weight excluding hydrogens is 697 g/mol. The highest BCUT2D eigenvalue weighted by Gasteiger charge is 2.21. The molecule has 8 aromatic carbocycles. The van der Waals surface area contributed by atoms with E-state index in [1.165, 1.54) is 10.8 Å². The maximum Gasteiger partial charge on any atom is 0.0992 e. The second-order valence-electron chi connectivity index (χ2n) is 14.3. The van der Waals surface area contributed by atoms with Gasteiger partial charge < -0.3 is 13.7 Å². The smallest absolute Gasteiger partial charge is 0.0992 e. The summed E-state index contributed by atoms with van der Waals surface area (Å²) in [7, 11) is 0. The summed E-state index contributed by atoms with van der Waals surface area (Å²) in [5, 5.41) is 36.5. The van der Waals surface area contributed by atoms with Crippen molar-refractivity contribution in [3.05, 3.63) is 187 Å². The van der Waals surface area contributed by atoms with Gasteiger partial charge in [0.25, 0.3) is 0 Å². The summed E-state index contributed by atoms with van der Waals surface area (Å²) in [6.07, 6.45) is 0. The second kappa shape index (κ2) is 12.3. The van der Waals surface area contributed by atoms with E-state index in [-0.39, 0.29) is 0 Å². The lowest BCUT2D eigenvalue weighted by molar-refractivity contribution is 1.17. The predicted molar refractivity (Wildman–Crippen MR) is 229 cm³/mol. The normalized spacial score (nSPS) is 11.5. The third kappa shape index (κ3) is 4.74. The molecule has 262 valence electrons. The molecule has 6 nitrogen and oxygen atoms in total. The first-order valence-electron chi connectivity index (χ1n) is 18.7. The minimum atomic E-state index is 0.546. The maximum absolute atomic E-state index is 10.4. The van der Waals surface area contributed by atoms with Crippen molar-refractivity contribution in [3.8, 4) is 46.4 Å². The van der Waals surface area contributed by atoms with Crippen molar-refractivity contribution in [2.75, 3.05) is 0 Å². The van der Waals surface area contributed by atoms with E-state index in [4.69, 9.17) is 0 Å². The molecule has 0 spiro atoms. The largest absolute Gasteiger partial charge is 0.309 e. The van der Waals surface area contributed by atoms with Gasteiger partial charge in [-0.25, -0.2) is 0 Å². The first kappa shape index (κ1) is 32.1. The van der Waals surface area contributed by atoms with Crippen LogP contribution in [-0.4, -0.2) is 13.7 Å². The summed E-state index contributed by atoms with van der Waals surface area (Å²) < 4.78 is 6.78. The van der Waals surface area contributed by atoms with Crippen LogP contribution in [0.4, 0.5) is 0 Å². The molecular formula is C51H28N6. The van der Waals surface area contributed by atoms with E-state index < -0.39 is 0 Å². The van der Waals surface area contributed by atoms with Gasteiger partial charge in [0.1, 0.15) is 0 Å². The van der Waals surface area contributed by atoms with E-state index in [2.05, 4.69) is 141 Å². The molecule has 0 atom stereocenters. The molecule has 0 saturated heterocycles. The average Bonchev–Trinajstić information content (AvgIpc) is 3.91. The van der Waals surface area contributed by atoms with Crippen LogP contribution in [0.15, 0.2) is 170 Å². The molecule has 0 radical (unpaired) electrons. The van der Waals surface area contributed by atoms with Crippen molar-refractivity contribution in [2.45, 2.75) is 0 Å². The number of fused-ring (bicyclic) bond motifs is 9. The summed E-state index contributed by atoms with van der Waals surface area (Å²) in [5.74, 6) is 0. The van der Waals surface area contributed by atoms with E-state index in [1.54, 1.807) is 0 Å². The van der Waals surface area contributed by atoms with Crippen LogP contribution >= 0.6 is 0 Å². The number of hydrogen-bond donors (Lipinski definition) is 0. The topological polar surface area (TPSA) is 86.2 Å². The van der Waals surface area contributed by atoms with Gasteiger partial charge in [-0.3, -0.25) is 0 Å². The highest BCUT2D eigenvalue weighted by Crippen LogP contribution is 2.41. The van der Waals surface area contributed by atoms with Gasteiger partial charge in [-0.05, 0) is 108 Å². The molecule has 11 aromatic rings. The average molecular weight is 725 g/mol. The van der Waals surface area contributed by atoms with Crippen LogP contribution in [-0.2, 0) is 0 Å². The van der Waals surface area contributed by atoms with Crippen LogP contribution in [0.5, 0.6) is 0 Å². The van der Waals surface area contributed by atoms with Crippen molar-refractivity contribution < 1.29 is 0 Å². The number of para-hydroxylation sites is 3. The fourth-order valence-electron chi connectivity index (χ4n) is 8.86. The van der Waals surface area contributed by atoms with Crippen LogP contribution in [0.2, 0.25) is 0 Å². The summed E-state index contributed by atoms with van der Waals surface area (Å²) in [6.45, 7) is 0. The quantitative estimate of drug-likeness (QED) is 0.181. The first-order chi connectivity index (χ1) is 28.1. The Kier molecular flexibility index (Phi) is 6.95. The Balaban J connectivity index is 1.11. The Morgan fingerprint density at radius 1 is 0.316 bits per heavy atom.